The number of nitrogens with one attached hydrogen (secondary N) is 2. The van der Waals surface area contributed by atoms with E-state index in [1.54, 1.807) is 32.4 Å². The summed E-state index contributed by atoms with van der Waals surface area (Å²) in [6, 6.07) is 12.2. The minimum atomic E-state index is -0.900. The van der Waals surface area contributed by atoms with Crippen molar-refractivity contribution in [2.24, 2.45) is 0 Å². The quantitative estimate of drug-likeness (QED) is 0.481. The fraction of sp³-hybridized carbons (Fsp3) is 0.364. The van der Waals surface area contributed by atoms with Crippen LogP contribution in [-0.2, 0) is 32.0 Å². The zero-order valence-electron chi connectivity index (χ0n) is 17.6. The van der Waals surface area contributed by atoms with Crippen molar-refractivity contribution in [1.82, 2.24) is 20.5 Å². The first-order valence-corrected chi connectivity index (χ1v) is 10.0. The maximum absolute atomic E-state index is 12.6. The number of epoxide rings is 1. The van der Waals surface area contributed by atoms with Crippen LogP contribution < -0.4 is 16.4 Å². The maximum Gasteiger partial charge on any atom is 0.253 e. The van der Waals surface area contributed by atoms with E-state index in [0.29, 0.717) is 25.1 Å². The van der Waals surface area contributed by atoms with Crippen LogP contribution in [0, 0.1) is 0 Å². The summed E-state index contributed by atoms with van der Waals surface area (Å²) in [6.45, 7) is 0.361. The van der Waals surface area contributed by atoms with Crippen LogP contribution in [0.15, 0.2) is 48.7 Å². The molecule has 3 rings (SSSR count). The van der Waals surface area contributed by atoms with E-state index in [0.717, 1.165) is 11.3 Å². The average molecular weight is 425 g/mol. The van der Waals surface area contributed by atoms with Crippen molar-refractivity contribution in [2.75, 3.05) is 26.4 Å². The number of ether oxygens (including phenoxy) is 1. The Bertz CT molecular complexity index is 917. The highest BCUT2D eigenvalue weighted by molar-refractivity contribution is 5.97. The van der Waals surface area contributed by atoms with Gasteiger partial charge in [-0.05, 0) is 17.7 Å². The molecule has 0 aliphatic carbocycles. The van der Waals surface area contributed by atoms with E-state index in [1.165, 1.54) is 4.90 Å². The number of carbonyl (C=O) groups excluding carboxylic acids is 3. The van der Waals surface area contributed by atoms with Crippen molar-refractivity contribution >= 4 is 23.4 Å². The Hall–Kier alpha value is -3.46. The van der Waals surface area contributed by atoms with Crippen LogP contribution in [0.5, 0.6) is 0 Å². The number of hydrogen-bond donors (Lipinski definition) is 3. The molecule has 0 unspecified atom stereocenters. The molecule has 0 spiro atoms. The van der Waals surface area contributed by atoms with Crippen LogP contribution in [0.3, 0.4) is 0 Å². The number of aromatic nitrogens is 1. The van der Waals surface area contributed by atoms with Gasteiger partial charge >= 0.3 is 0 Å². The largest absolute Gasteiger partial charge is 0.397 e. The summed E-state index contributed by atoms with van der Waals surface area (Å²) >= 11 is 0. The van der Waals surface area contributed by atoms with Gasteiger partial charge in [0.1, 0.15) is 6.04 Å². The average Bonchev–Trinajstić information content (AvgIpc) is 3.56. The van der Waals surface area contributed by atoms with Gasteiger partial charge in [0, 0.05) is 39.2 Å². The Balaban J connectivity index is 1.49. The molecule has 9 heteroatoms. The predicted molar refractivity (Wildman–Crippen MR) is 115 cm³/mol. The summed E-state index contributed by atoms with van der Waals surface area (Å²) < 4.78 is 5.27. The first kappa shape index (κ1) is 22.2. The third-order valence-corrected chi connectivity index (χ3v) is 4.87. The lowest BCUT2D eigenvalue weighted by Gasteiger charge is -2.21. The van der Waals surface area contributed by atoms with E-state index < -0.39 is 24.2 Å². The molecular formula is C22H27N5O4. The first-order chi connectivity index (χ1) is 14.8. The number of nitrogen functional groups attached to an aromatic ring is 1. The molecule has 1 aromatic heterocycles. The molecule has 2 aromatic rings. The predicted octanol–water partition coefficient (Wildman–Crippen LogP) is -0.0944. The lowest BCUT2D eigenvalue weighted by Crippen LogP contribution is -2.49. The van der Waals surface area contributed by atoms with Crippen molar-refractivity contribution in [3.05, 3.63) is 59.9 Å². The van der Waals surface area contributed by atoms with E-state index in [4.69, 9.17) is 10.5 Å². The lowest BCUT2D eigenvalue weighted by molar-refractivity contribution is -0.134. The van der Waals surface area contributed by atoms with Gasteiger partial charge in [-0.3, -0.25) is 19.4 Å². The Morgan fingerprint density at radius 2 is 1.81 bits per heavy atom. The third-order valence-electron chi connectivity index (χ3n) is 4.87. The summed E-state index contributed by atoms with van der Waals surface area (Å²) in [4.78, 5) is 42.9. The Kier molecular flexibility index (Phi) is 7.19. The smallest absolute Gasteiger partial charge is 0.253 e. The highest BCUT2D eigenvalue weighted by Crippen LogP contribution is 2.23. The number of benzene rings is 1. The van der Waals surface area contributed by atoms with Crippen molar-refractivity contribution in [2.45, 2.75) is 31.1 Å². The fourth-order valence-corrected chi connectivity index (χ4v) is 3.12. The van der Waals surface area contributed by atoms with Gasteiger partial charge in [-0.2, -0.15) is 0 Å². The van der Waals surface area contributed by atoms with Gasteiger partial charge in [-0.1, -0.05) is 30.3 Å². The minimum Gasteiger partial charge on any atom is -0.397 e. The molecule has 1 aliphatic rings. The number of hydrogen-bond acceptors (Lipinski definition) is 6. The molecule has 3 amide bonds. The molecular weight excluding hydrogens is 398 g/mol. The first-order valence-electron chi connectivity index (χ1n) is 10.0. The minimum absolute atomic E-state index is 0.227. The van der Waals surface area contributed by atoms with Crippen molar-refractivity contribution < 1.29 is 19.1 Å². The molecule has 9 nitrogen and oxygen atoms in total. The summed E-state index contributed by atoms with van der Waals surface area (Å²) in [5.41, 5.74) is 7.89. The van der Waals surface area contributed by atoms with E-state index in [-0.39, 0.29) is 11.8 Å². The number of nitrogens with zero attached hydrogens (tertiary/aromatic N) is 2. The van der Waals surface area contributed by atoms with Gasteiger partial charge in [-0.15, -0.1) is 0 Å². The third kappa shape index (κ3) is 6.26. The second kappa shape index (κ2) is 10.0. The van der Waals surface area contributed by atoms with E-state index in [2.05, 4.69) is 15.6 Å². The van der Waals surface area contributed by atoms with Gasteiger partial charge in [0.05, 0.1) is 11.9 Å². The number of pyridine rings is 1. The van der Waals surface area contributed by atoms with Crippen LogP contribution in [0.4, 0.5) is 5.69 Å². The molecule has 1 fully saturated rings. The van der Waals surface area contributed by atoms with Crippen LogP contribution in [0.1, 0.15) is 11.3 Å². The Morgan fingerprint density at radius 1 is 1.10 bits per heavy atom. The van der Waals surface area contributed by atoms with Gasteiger partial charge in [0.25, 0.3) is 11.8 Å². The number of nitrogens with two attached hydrogens (primary N) is 1. The highest BCUT2D eigenvalue weighted by atomic mass is 16.6. The second-order valence-electron chi connectivity index (χ2n) is 7.58. The Morgan fingerprint density at radius 3 is 2.45 bits per heavy atom. The van der Waals surface area contributed by atoms with Crippen LogP contribution >= 0.6 is 0 Å². The van der Waals surface area contributed by atoms with Crippen LogP contribution in [0.2, 0.25) is 0 Å². The summed E-state index contributed by atoms with van der Waals surface area (Å²) in [6.07, 6.45) is 0.685. The summed E-state index contributed by atoms with van der Waals surface area (Å²) in [5, 5.41) is 5.46. The van der Waals surface area contributed by atoms with Crippen LogP contribution in [-0.4, -0.2) is 66.5 Å². The number of carbonyl (C=O) groups is 3. The van der Waals surface area contributed by atoms with Crippen LogP contribution in [0.25, 0.3) is 0 Å². The molecule has 4 N–H and O–H groups in total. The molecule has 1 saturated heterocycles. The van der Waals surface area contributed by atoms with E-state index in [1.807, 2.05) is 30.3 Å². The van der Waals surface area contributed by atoms with Gasteiger partial charge in [0.15, 0.2) is 12.2 Å². The fourth-order valence-electron chi connectivity index (χ4n) is 3.12. The van der Waals surface area contributed by atoms with Crippen molar-refractivity contribution in [3.8, 4) is 0 Å². The summed E-state index contributed by atoms with van der Waals surface area (Å²) in [7, 11) is 3.26. The van der Waals surface area contributed by atoms with E-state index in [9.17, 15) is 14.4 Å². The topological polar surface area (TPSA) is 130 Å². The normalized spacial score (nSPS) is 18.0. The molecule has 1 aliphatic heterocycles. The maximum atomic E-state index is 12.6. The molecule has 2 heterocycles. The molecule has 3 atom stereocenters. The molecule has 0 bridgehead atoms. The number of likely N-dealkylation sites (N-methyl/N-ethyl adjacent to an activating group) is 1. The standard InChI is InChI=1S/C22H27N5O4/c1-27(2)22(30)17(12-14-6-4-3-5-7-14)26-21(29)19-18(31-19)20(28)24-11-10-16-9-8-15(23)13-25-16/h3-9,13,17-19H,10-12,23H2,1-2H3,(H,24,28)(H,26,29)/t17-,18-,19-/m0/s1. The number of rotatable bonds is 9. The molecule has 1 aromatic carbocycles. The van der Waals surface area contributed by atoms with Gasteiger partial charge < -0.3 is 26.0 Å². The second-order valence-corrected chi connectivity index (χ2v) is 7.58. The van der Waals surface area contributed by atoms with Gasteiger partial charge in [-0.25, -0.2) is 0 Å². The van der Waals surface area contributed by atoms with Crippen molar-refractivity contribution in [3.63, 3.8) is 0 Å². The lowest BCUT2D eigenvalue weighted by atomic mass is 10.0. The molecule has 164 valence electrons. The van der Waals surface area contributed by atoms with E-state index >= 15 is 0 Å². The summed E-state index contributed by atoms with van der Waals surface area (Å²) in [5.74, 6) is -1.07. The molecule has 31 heavy (non-hydrogen) atoms. The number of anilines is 1. The zero-order valence-corrected chi connectivity index (χ0v) is 17.6. The van der Waals surface area contributed by atoms with Gasteiger partial charge in [0.2, 0.25) is 5.91 Å². The van der Waals surface area contributed by atoms with Crippen molar-refractivity contribution in [1.29, 1.82) is 0 Å². The zero-order chi connectivity index (χ0) is 22.4. The molecule has 0 saturated carbocycles. The highest BCUT2D eigenvalue weighted by Gasteiger charge is 2.50. The Labute approximate surface area is 181 Å². The number of amides is 3. The SMILES string of the molecule is CN(C)C(=O)[C@H](Cc1ccccc1)NC(=O)[C@H]1O[C@@H]1C(=O)NCCc1ccc(N)cn1. The monoisotopic (exact) mass is 425 g/mol. The molecule has 0 radical (unpaired) electrons.